The lowest BCUT2D eigenvalue weighted by atomic mass is 9.91. The fourth-order valence-corrected chi connectivity index (χ4v) is 3.34. The van der Waals surface area contributed by atoms with Crippen molar-refractivity contribution in [3.05, 3.63) is 54.1 Å². The molecule has 0 aromatic carbocycles. The van der Waals surface area contributed by atoms with Crippen molar-refractivity contribution in [3.8, 4) is 0 Å². The molecule has 0 N–H and O–H groups in total. The maximum Gasteiger partial charge on any atom is 0.257 e. The maximum absolute atomic E-state index is 12.8. The second-order valence-electron chi connectivity index (χ2n) is 6.10. The fourth-order valence-electron chi connectivity index (χ4n) is 3.34. The molecule has 0 spiro atoms. The first kappa shape index (κ1) is 14.0. The number of aromatic nitrogens is 4. The lowest BCUT2D eigenvalue weighted by Crippen LogP contribution is -2.37. The summed E-state index contributed by atoms with van der Waals surface area (Å²) in [5, 5.41) is 8.50. The molecule has 118 valence electrons. The lowest BCUT2D eigenvalue weighted by Gasteiger charge is -2.31. The molecule has 1 saturated heterocycles. The number of hydrogen-bond donors (Lipinski definition) is 0. The van der Waals surface area contributed by atoms with Crippen molar-refractivity contribution in [2.24, 2.45) is 7.05 Å². The molecular formula is C17H19N5O. The van der Waals surface area contributed by atoms with Crippen LogP contribution in [0.2, 0.25) is 0 Å². The second kappa shape index (κ2) is 5.53. The van der Waals surface area contributed by atoms with Crippen LogP contribution in [-0.2, 0) is 7.05 Å². The first-order chi connectivity index (χ1) is 11.2. The Kier molecular flexibility index (Phi) is 3.37. The minimum Gasteiger partial charge on any atom is -0.338 e. The Labute approximate surface area is 134 Å². The van der Waals surface area contributed by atoms with Gasteiger partial charge in [0.15, 0.2) is 0 Å². The first-order valence-electron chi connectivity index (χ1n) is 7.92. The molecule has 0 atom stereocenters. The van der Waals surface area contributed by atoms with Gasteiger partial charge < -0.3 is 4.90 Å². The van der Waals surface area contributed by atoms with Crippen LogP contribution in [0.25, 0.3) is 5.52 Å². The van der Waals surface area contributed by atoms with Crippen molar-refractivity contribution in [2.75, 3.05) is 13.1 Å². The molecule has 1 aliphatic heterocycles. The van der Waals surface area contributed by atoms with Gasteiger partial charge in [-0.2, -0.15) is 10.2 Å². The average molecular weight is 309 g/mol. The molecule has 0 saturated carbocycles. The third-order valence-electron chi connectivity index (χ3n) is 4.64. The maximum atomic E-state index is 12.8. The molecule has 3 aromatic rings. The van der Waals surface area contributed by atoms with Crippen molar-refractivity contribution >= 4 is 11.4 Å². The fraction of sp³-hybridized carbons (Fsp3) is 0.353. The molecule has 6 nitrogen and oxygen atoms in total. The van der Waals surface area contributed by atoms with Crippen LogP contribution in [0, 0.1) is 0 Å². The van der Waals surface area contributed by atoms with Crippen molar-refractivity contribution < 1.29 is 4.79 Å². The molecular weight excluding hydrogens is 290 g/mol. The summed E-state index contributed by atoms with van der Waals surface area (Å²) >= 11 is 0. The van der Waals surface area contributed by atoms with E-state index in [0.717, 1.165) is 31.4 Å². The number of hydrogen-bond acceptors (Lipinski definition) is 3. The number of pyridine rings is 1. The average Bonchev–Trinajstić information content (AvgIpc) is 3.21. The van der Waals surface area contributed by atoms with Crippen LogP contribution in [0.15, 0.2) is 43.0 Å². The third-order valence-corrected chi connectivity index (χ3v) is 4.64. The van der Waals surface area contributed by atoms with Crippen LogP contribution in [0.3, 0.4) is 0 Å². The van der Waals surface area contributed by atoms with Crippen LogP contribution in [0.1, 0.15) is 34.7 Å². The number of carbonyl (C=O) groups excluding carboxylic acids is 1. The number of likely N-dealkylation sites (tertiary alicyclic amines) is 1. The Morgan fingerprint density at radius 2 is 2.00 bits per heavy atom. The van der Waals surface area contributed by atoms with E-state index >= 15 is 0 Å². The molecule has 3 aromatic heterocycles. The zero-order valence-corrected chi connectivity index (χ0v) is 13.1. The monoisotopic (exact) mass is 309 g/mol. The Hall–Kier alpha value is -2.63. The number of carbonyl (C=O) groups is 1. The van der Waals surface area contributed by atoms with Crippen LogP contribution >= 0.6 is 0 Å². The van der Waals surface area contributed by atoms with Gasteiger partial charge in [0.25, 0.3) is 5.91 Å². The Morgan fingerprint density at radius 1 is 1.17 bits per heavy atom. The predicted molar refractivity (Wildman–Crippen MR) is 86.3 cm³/mol. The Balaban J connectivity index is 1.49. The van der Waals surface area contributed by atoms with Gasteiger partial charge in [-0.3, -0.25) is 9.48 Å². The summed E-state index contributed by atoms with van der Waals surface area (Å²) in [6.45, 7) is 1.56. The molecule has 1 amide bonds. The van der Waals surface area contributed by atoms with E-state index in [2.05, 4.69) is 16.4 Å². The highest BCUT2D eigenvalue weighted by molar-refractivity contribution is 6.00. The smallest absolute Gasteiger partial charge is 0.257 e. The number of amides is 1. The first-order valence-corrected chi connectivity index (χ1v) is 7.92. The van der Waals surface area contributed by atoms with Crippen LogP contribution in [0.4, 0.5) is 0 Å². The normalized spacial score (nSPS) is 16.1. The molecule has 4 heterocycles. The molecule has 4 rings (SSSR count). The van der Waals surface area contributed by atoms with Gasteiger partial charge in [-0.05, 0) is 36.5 Å². The number of aryl methyl sites for hydroxylation is 1. The van der Waals surface area contributed by atoms with E-state index in [1.54, 1.807) is 10.7 Å². The van der Waals surface area contributed by atoms with E-state index in [9.17, 15) is 4.79 Å². The third kappa shape index (κ3) is 2.50. The molecule has 0 bridgehead atoms. The van der Waals surface area contributed by atoms with E-state index < -0.39 is 0 Å². The number of rotatable bonds is 2. The van der Waals surface area contributed by atoms with Gasteiger partial charge >= 0.3 is 0 Å². The highest BCUT2D eigenvalue weighted by Gasteiger charge is 2.26. The SMILES string of the molecule is Cn1cc(C2CCN(C(=O)c3cnn4ccccc34)CC2)cn1. The second-order valence-corrected chi connectivity index (χ2v) is 6.10. The quantitative estimate of drug-likeness (QED) is 0.728. The Morgan fingerprint density at radius 3 is 2.74 bits per heavy atom. The van der Waals surface area contributed by atoms with E-state index in [-0.39, 0.29) is 5.91 Å². The summed E-state index contributed by atoms with van der Waals surface area (Å²) in [5.74, 6) is 0.576. The van der Waals surface area contributed by atoms with Crippen molar-refractivity contribution in [1.82, 2.24) is 24.3 Å². The summed E-state index contributed by atoms with van der Waals surface area (Å²) in [6, 6.07) is 5.78. The summed E-state index contributed by atoms with van der Waals surface area (Å²) in [6.07, 6.45) is 9.51. The van der Waals surface area contributed by atoms with Crippen molar-refractivity contribution in [2.45, 2.75) is 18.8 Å². The van der Waals surface area contributed by atoms with Crippen molar-refractivity contribution in [3.63, 3.8) is 0 Å². The van der Waals surface area contributed by atoms with Gasteiger partial charge in [0.05, 0.1) is 23.5 Å². The number of nitrogens with zero attached hydrogens (tertiary/aromatic N) is 5. The number of fused-ring (bicyclic) bond motifs is 1. The molecule has 0 unspecified atom stereocenters. The van der Waals surface area contributed by atoms with Gasteiger partial charge in [0.2, 0.25) is 0 Å². The summed E-state index contributed by atoms with van der Waals surface area (Å²) in [7, 11) is 1.94. The van der Waals surface area contributed by atoms with E-state index in [0.29, 0.717) is 11.5 Å². The van der Waals surface area contributed by atoms with E-state index in [1.165, 1.54) is 5.56 Å². The van der Waals surface area contributed by atoms with Gasteiger partial charge in [-0.15, -0.1) is 0 Å². The largest absolute Gasteiger partial charge is 0.338 e. The highest BCUT2D eigenvalue weighted by atomic mass is 16.2. The summed E-state index contributed by atoms with van der Waals surface area (Å²) in [5.41, 5.74) is 2.83. The highest BCUT2D eigenvalue weighted by Crippen LogP contribution is 2.28. The standard InChI is InChI=1S/C17H19N5O/c1-20-12-14(10-18-20)13-5-8-21(9-6-13)17(23)15-11-19-22-7-3-2-4-16(15)22/h2-4,7,10-13H,5-6,8-9H2,1H3. The van der Waals surface area contributed by atoms with E-state index in [4.69, 9.17) is 0 Å². The molecule has 1 aliphatic rings. The van der Waals surface area contributed by atoms with Gasteiger partial charge in [-0.25, -0.2) is 4.52 Å². The zero-order chi connectivity index (χ0) is 15.8. The molecule has 0 radical (unpaired) electrons. The van der Waals surface area contributed by atoms with E-state index in [1.807, 2.05) is 47.2 Å². The van der Waals surface area contributed by atoms with Crippen molar-refractivity contribution in [1.29, 1.82) is 0 Å². The summed E-state index contributed by atoms with van der Waals surface area (Å²) in [4.78, 5) is 14.7. The molecule has 1 fully saturated rings. The summed E-state index contributed by atoms with van der Waals surface area (Å²) < 4.78 is 3.58. The molecule has 0 aliphatic carbocycles. The molecule has 6 heteroatoms. The minimum absolute atomic E-state index is 0.0795. The lowest BCUT2D eigenvalue weighted by molar-refractivity contribution is 0.0715. The molecule has 23 heavy (non-hydrogen) atoms. The Bertz CT molecular complexity index is 841. The van der Waals surface area contributed by atoms with Gasteiger partial charge in [-0.1, -0.05) is 6.07 Å². The van der Waals surface area contributed by atoms with Crippen LogP contribution in [-0.4, -0.2) is 43.3 Å². The van der Waals surface area contributed by atoms with Crippen LogP contribution < -0.4 is 0 Å². The van der Waals surface area contributed by atoms with Gasteiger partial charge in [0.1, 0.15) is 0 Å². The minimum atomic E-state index is 0.0795. The predicted octanol–water partition coefficient (Wildman–Crippen LogP) is 2.09. The number of piperidine rings is 1. The topological polar surface area (TPSA) is 55.4 Å². The van der Waals surface area contributed by atoms with Crippen LogP contribution in [0.5, 0.6) is 0 Å². The van der Waals surface area contributed by atoms with Gasteiger partial charge in [0, 0.05) is 32.5 Å². The zero-order valence-electron chi connectivity index (χ0n) is 13.1.